The molecule has 0 spiro atoms. The number of ether oxygens (including phenoxy) is 1. The number of halogens is 1. The summed E-state index contributed by atoms with van der Waals surface area (Å²) >= 11 is 7.49. The minimum Gasteiger partial charge on any atom is -0.478 e. The van der Waals surface area contributed by atoms with Gasteiger partial charge in [-0.2, -0.15) is 11.8 Å². The zero-order chi connectivity index (χ0) is 16.8. The van der Waals surface area contributed by atoms with Gasteiger partial charge in [-0.25, -0.2) is 0 Å². The van der Waals surface area contributed by atoms with E-state index in [1.807, 2.05) is 6.26 Å². The summed E-state index contributed by atoms with van der Waals surface area (Å²) in [6.45, 7) is 5.29. The third-order valence-corrected chi connectivity index (χ3v) is 4.07. The van der Waals surface area contributed by atoms with E-state index in [9.17, 15) is 9.90 Å². The first kappa shape index (κ1) is 19.1. The maximum absolute atomic E-state index is 12.3. The van der Waals surface area contributed by atoms with Crippen LogP contribution in [0.2, 0.25) is 5.02 Å². The summed E-state index contributed by atoms with van der Waals surface area (Å²) in [5.74, 6) is 1.14. The molecule has 1 aromatic carbocycles. The van der Waals surface area contributed by atoms with Crippen molar-refractivity contribution in [3.63, 3.8) is 0 Å². The van der Waals surface area contributed by atoms with Crippen LogP contribution < -0.4 is 10.1 Å². The molecule has 0 radical (unpaired) electrons. The van der Waals surface area contributed by atoms with E-state index in [-0.39, 0.29) is 12.5 Å². The van der Waals surface area contributed by atoms with Crippen LogP contribution in [0.5, 0.6) is 5.75 Å². The molecule has 1 aromatic rings. The number of carbonyl (C=O) groups is 1. The van der Waals surface area contributed by atoms with E-state index in [1.54, 1.807) is 56.8 Å². The van der Waals surface area contributed by atoms with Gasteiger partial charge in [0.1, 0.15) is 5.75 Å². The Labute approximate surface area is 141 Å². The lowest BCUT2D eigenvalue weighted by molar-refractivity contribution is -0.135. The first-order valence-corrected chi connectivity index (χ1v) is 8.88. The summed E-state index contributed by atoms with van der Waals surface area (Å²) in [6, 6.07) is 6.84. The molecule has 0 aliphatic rings. The molecule has 2 N–H and O–H groups in total. The molecule has 0 saturated carbocycles. The molecule has 0 heterocycles. The van der Waals surface area contributed by atoms with Gasteiger partial charge in [-0.15, -0.1) is 0 Å². The summed E-state index contributed by atoms with van der Waals surface area (Å²) in [7, 11) is 0. The molecular formula is C16H24ClNO3S. The second-order valence-electron chi connectivity index (χ2n) is 5.99. The largest absolute Gasteiger partial charge is 0.478 e. The SMILES string of the molecule is CSCCC(C)(O)CNC(=O)C(C)(C)Oc1ccc(Cl)cc1. The van der Waals surface area contributed by atoms with Crippen LogP contribution in [-0.2, 0) is 4.79 Å². The molecular weight excluding hydrogens is 322 g/mol. The van der Waals surface area contributed by atoms with E-state index in [2.05, 4.69) is 5.32 Å². The van der Waals surface area contributed by atoms with Gasteiger partial charge in [0.25, 0.3) is 5.91 Å². The smallest absolute Gasteiger partial charge is 0.263 e. The van der Waals surface area contributed by atoms with Crippen molar-refractivity contribution in [3.05, 3.63) is 29.3 Å². The van der Waals surface area contributed by atoms with Crippen molar-refractivity contribution in [1.82, 2.24) is 5.32 Å². The lowest BCUT2D eigenvalue weighted by Gasteiger charge is -2.28. The highest BCUT2D eigenvalue weighted by Gasteiger charge is 2.31. The Hall–Kier alpha value is -0.910. The summed E-state index contributed by atoms with van der Waals surface area (Å²) < 4.78 is 5.71. The number of hydrogen-bond donors (Lipinski definition) is 2. The van der Waals surface area contributed by atoms with Crippen molar-refractivity contribution in [1.29, 1.82) is 0 Å². The second kappa shape index (κ2) is 8.09. The minimum absolute atomic E-state index is 0.194. The predicted octanol–water partition coefficient (Wildman–Crippen LogP) is 3.12. The number of thioether (sulfide) groups is 1. The Bertz CT molecular complexity index is 489. The quantitative estimate of drug-likeness (QED) is 0.760. The van der Waals surface area contributed by atoms with Crippen LogP contribution in [0, 0.1) is 0 Å². The first-order valence-electron chi connectivity index (χ1n) is 7.10. The summed E-state index contributed by atoms with van der Waals surface area (Å²) in [5, 5.41) is 13.6. The normalized spacial score (nSPS) is 14.3. The highest BCUT2D eigenvalue weighted by Crippen LogP contribution is 2.21. The van der Waals surface area contributed by atoms with Gasteiger partial charge in [-0.05, 0) is 63.5 Å². The van der Waals surface area contributed by atoms with Crippen molar-refractivity contribution in [2.24, 2.45) is 0 Å². The third kappa shape index (κ3) is 6.46. The average Bonchev–Trinajstić information content (AvgIpc) is 2.45. The fraction of sp³-hybridized carbons (Fsp3) is 0.562. The lowest BCUT2D eigenvalue weighted by Crippen LogP contribution is -2.51. The molecule has 124 valence electrons. The van der Waals surface area contributed by atoms with Gasteiger partial charge in [0, 0.05) is 11.6 Å². The molecule has 0 saturated heterocycles. The molecule has 22 heavy (non-hydrogen) atoms. The monoisotopic (exact) mass is 345 g/mol. The van der Waals surface area contributed by atoms with Crippen molar-refractivity contribution in [3.8, 4) is 5.75 Å². The molecule has 1 amide bonds. The molecule has 6 heteroatoms. The van der Waals surface area contributed by atoms with Gasteiger partial charge in [0.05, 0.1) is 5.60 Å². The van der Waals surface area contributed by atoms with Crippen LogP contribution in [0.4, 0.5) is 0 Å². The fourth-order valence-corrected chi connectivity index (χ4v) is 2.51. The van der Waals surface area contributed by atoms with Crippen LogP contribution >= 0.6 is 23.4 Å². The standard InChI is InChI=1S/C16H24ClNO3S/c1-15(2,21-13-7-5-12(17)6-8-13)14(19)18-11-16(3,20)9-10-22-4/h5-8,20H,9-11H2,1-4H3,(H,18,19). The van der Waals surface area contributed by atoms with E-state index in [1.165, 1.54) is 0 Å². The second-order valence-corrected chi connectivity index (χ2v) is 7.41. The number of benzene rings is 1. The van der Waals surface area contributed by atoms with Gasteiger partial charge >= 0.3 is 0 Å². The first-order chi connectivity index (χ1) is 10.2. The van der Waals surface area contributed by atoms with Crippen LogP contribution in [0.25, 0.3) is 0 Å². The molecule has 4 nitrogen and oxygen atoms in total. The van der Waals surface area contributed by atoms with E-state index >= 15 is 0 Å². The number of amides is 1. The Kier molecular flexibility index (Phi) is 7.03. The topological polar surface area (TPSA) is 58.6 Å². The number of rotatable bonds is 8. The number of hydrogen-bond acceptors (Lipinski definition) is 4. The van der Waals surface area contributed by atoms with E-state index in [4.69, 9.17) is 16.3 Å². The van der Waals surface area contributed by atoms with Crippen molar-refractivity contribution < 1.29 is 14.6 Å². The Morgan fingerprint density at radius 2 is 1.91 bits per heavy atom. The van der Waals surface area contributed by atoms with Gasteiger partial charge in [0.2, 0.25) is 0 Å². The van der Waals surface area contributed by atoms with E-state index < -0.39 is 11.2 Å². The molecule has 0 aliphatic carbocycles. The zero-order valence-corrected chi connectivity index (χ0v) is 15.1. The molecule has 1 rings (SSSR count). The average molecular weight is 346 g/mol. The van der Waals surface area contributed by atoms with Crippen molar-refractivity contribution in [2.75, 3.05) is 18.6 Å². The maximum atomic E-state index is 12.3. The van der Waals surface area contributed by atoms with Crippen LogP contribution in [0.1, 0.15) is 27.2 Å². The predicted molar refractivity (Wildman–Crippen MR) is 92.8 cm³/mol. The molecule has 0 aromatic heterocycles. The van der Waals surface area contributed by atoms with Gasteiger partial charge in [-0.1, -0.05) is 11.6 Å². The molecule has 1 unspecified atom stereocenters. The Balaban J connectivity index is 2.57. The summed E-state index contributed by atoms with van der Waals surface area (Å²) in [5.41, 5.74) is -1.96. The van der Waals surface area contributed by atoms with Gasteiger partial charge in [-0.3, -0.25) is 4.79 Å². The lowest BCUT2D eigenvalue weighted by atomic mass is 10.0. The molecule has 0 aliphatic heterocycles. The highest BCUT2D eigenvalue weighted by atomic mass is 35.5. The van der Waals surface area contributed by atoms with Crippen LogP contribution in [0.15, 0.2) is 24.3 Å². The van der Waals surface area contributed by atoms with Gasteiger partial charge in [0.15, 0.2) is 5.60 Å². The zero-order valence-electron chi connectivity index (χ0n) is 13.5. The summed E-state index contributed by atoms with van der Waals surface area (Å²) in [6.07, 6.45) is 2.60. The Morgan fingerprint density at radius 3 is 2.45 bits per heavy atom. The Morgan fingerprint density at radius 1 is 1.32 bits per heavy atom. The number of carbonyl (C=O) groups excluding carboxylic acids is 1. The minimum atomic E-state index is -1.04. The third-order valence-electron chi connectivity index (χ3n) is 3.21. The van der Waals surface area contributed by atoms with Crippen molar-refractivity contribution >= 4 is 29.3 Å². The van der Waals surface area contributed by atoms with Crippen LogP contribution in [0.3, 0.4) is 0 Å². The van der Waals surface area contributed by atoms with E-state index in [0.717, 1.165) is 5.75 Å². The summed E-state index contributed by atoms with van der Waals surface area (Å²) in [4.78, 5) is 12.3. The molecule has 1 atom stereocenters. The number of nitrogens with one attached hydrogen (secondary N) is 1. The fourth-order valence-electron chi connectivity index (χ4n) is 1.74. The molecule has 0 fully saturated rings. The van der Waals surface area contributed by atoms with Crippen LogP contribution in [-0.4, -0.2) is 40.8 Å². The molecule has 0 bridgehead atoms. The highest BCUT2D eigenvalue weighted by molar-refractivity contribution is 7.98. The van der Waals surface area contributed by atoms with E-state index in [0.29, 0.717) is 17.2 Å². The number of aliphatic hydroxyl groups is 1. The van der Waals surface area contributed by atoms with Gasteiger partial charge < -0.3 is 15.2 Å². The maximum Gasteiger partial charge on any atom is 0.263 e. The van der Waals surface area contributed by atoms with Crippen molar-refractivity contribution in [2.45, 2.75) is 38.4 Å².